The Labute approximate surface area is 165 Å². The molecule has 0 saturated heterocycles. The third-order valence-electron chi connectivity index (χ3n) is 3.86. The highest BCUT2D eigenvalue weighted by Crippen LogP contribution is 2.39. The van der Waals surface area contributed by atoms with Crippen molar-refractivity contribution in [3.8, 4) is 23.0 Å². The van der Waals surface area contributed by atoms with Gasteiger partial charge in [0.25, 0.3) is 0 Å². The van der Waals surface area contributed by atoms with Gasteiger partial charge >= 0.3 is 0 Å². The molecule has 0 aliphatic carbocycles. The summed E-state index contributed by atoms with van der Waals surface area (Å²) in [5, 5.41) is 6.06. The molecule has 0 aliphatic rings. The van der Waals surface area contributed by atoms with E-state index in [0.717, 1.165) is 11.4 Å². The first-order chi connectivity index (χ1) is 13.5. The Balaban J connectivity index is 1.89. The third-order valence-corrected chi connectivity index (χ3v) is 3.86. The van der Waals surface area contributed by atoms with E-state index in [-0.39, 0.29) is 12.0 Å². The average Bonchev–Trinajstić information content (AvgIpc) is 2.68. The van der Waals surface area contributed by atoms with E-state index in [1.54, 1.807) is 12.1 Å². The maximum Gasteiger partial charge on any atom is 0.226 e. The Bertz CT molecular complexity index is 750. The van der Waals surface area contributed by atoms with Gasteiger partial charge in [0.15, 0.2) is 11.5 Å². The molecular formula is C21H28N2O5. The quantitative estimate of drug-likeness (QED) is 0.642. The van der Waals surface area contributed by atoms with Crippen LogP contribution in [0.25, 0.3) is 0 Å². The average molecular weight is 388 g/mol. The van der Waals surface area contributed by atoms with Gasteiger partial charge in [0.1, 0.15) is 5.75 Å². The summed E-state index contributed by atoms with van der Waals surface area (Å²) in [6, 6.07) is 11.0. The number of carbonyl (C=O) groups is 1. The fourth-order valence-corrected chi connectivity index (χ4v) is 2.62. The summed E-state index contributed by atoms with van der Waals surface area (Å²) in [4.78, 5) is 12.2. The van der Waals surface area contributed by atoms with Gasteiger partial charge in [-0.15, -0.1) is 0 Å². The molecular weight excluding hydrogens is 360 g/mol. The lowest BCUT2D eigenvalue weighted by Gasteiger charge is -2.15. The summed E-state index contributed by atoms with van der Waals surface area (Å²) in [6.07, 6.45) is 0.443. The molecule has 2 aromatic rings. The van der Waals surface area contributed by atoms with Crippen LogP contribution in [-0.4, -0.2) is 39.9 Å². The van der Waals surface area contributed by atoms with Crippen LogP contribution >= 0.6 is 0 Å². The van der Waals surface area contributed by atoms with Gasteiger partial charge in [-0.05, 0) is 38.1 Å². The fourth-order valence-electron chi connectivity index (χ4n) is 2.62. The van der Waals surface area contributed by atoms with Crippen LogP contribution in [-0.2, 0) is 4.79 Å². The van der Waals surface area contributed by atoms with Crippen LogP contribution in [0.3, 0.4) is 0 Å². The molecule has 7 nitrogen and oxygen atoms in total. The lowest BCUT2D eigenvalue weighted by molar-refractivity contribution is -0.115. The lowest BCUT2D eigenvalue weighted by Crippen LogP contribution is -2.16. The van der Waals surface area contributed by atoms with Gasteiger partial charge in [0.05, 0.1) is 27.4 Å². The summed E-state index contributed by atoms with van der Waals surface area (Å²) in [5.41, 5.74) is 1.51. The van der Waals surface area contributed by atoms with Gasteiger partial charge in [-0.1, -0.05) is 0 Å². The molecule has 0 radical (unpaired) electrons. The predicted molar refractivity (Wildman–Crippen MR) is 110 cm³/mol. The fraction of sp³-hybridized carbons (Fsp3) is 0.381. The summed E-state index contributed by atoms with van der Waals surface area (Å²) >= 11 is 0. The molecule has 0 aliphatic heterocycles. The van der Waals surface area contributed by atoms with E-state index in [0.29, 0.717) is 35.9 Å². The highest BCUT2D eigenvalue weighted by Gasteiger charge is 2.14. The van der Waals surface area contributed by atoms with Crippen molar-refractivity contribution in [3.05, 3.63) is 36.4 Å². The van der Waals surface area contributed by atoms with E-state index in [2.05, 4.69) is 10.6 Å². The molecule has 28 heavy (non-hydrogen) atoms. The van der Waals surface area contributed by atoms with Crippen LogP contribution in [0.2, 0.25) is 0 Å². The van der Waals surface area contributed by atoms with Crippen molar-refractivity contribution in [2.24, 2.45) is 0 Å². The Hall–Kier alpha value is -3.09. The van der Waals surface area contributed by atoms with Crippen LogP contribution < -0.4 is 29.6 Å². The Morgan fingerprint density at radius 1 is 0.929 bits per heavy atom. The van der Waals surface area contributed by atoms with Crippen molar-refractivity contribution >= 4 is 17.3 Å². The number of anilines is 2. The number of nitrogens with one attached hydrogen (secondary N) is 2. The second kappa shape index (κ2) is 10.3. The summed E-state index contributed by atoms with van der Waals surface area (Å²) in [7, 11) is 4.60. The van der Waals surface area contributed by atoms with Crippen molar-refractivity contribution in [3.63, 3.8) is 0 Å². The van der Waals surface area contributed by atoms with E-state index in [4.69, 9.17) is 18.9 Å². The molecule has 0 atom stereocenters. The molecule has 2 aromatic carbocycles. The molecule has 0 spiro atoms. The Morgan fingerprint density at radius 2 is 1.54 bits per heavy atom. The number of hydrogen-bond acceptors (Lipinski definition) is 6. The number of amides is 1. The van der Waals surface area contributed by atoms with Crippen molar-refractivity contribution < 1.29 is 23.7 Å². The number of rotatable bonds is 10. The summed E-state index contributed by atoms with van der Waals surface area (Å²) in [6.45, 7) is 4.47. The van der Waals surface area contributed by atoms with Gasteiger partial charge in [-0.2, -0.15) is 0 Å². The van der Waals surface area contributed by atoms with E-state index in [1.807, 2.05) is 38.1 Å². The molecule has 0 saturated carbocycles. The van der Waals surface area contributed by atoms with Gasteiger partial charge in [0, 0.05) is 36.5 Å². The molecule has 7 heteroatoms. The van der Waals surface area contributed by atoms with Crippen LogP contribution in [0.5, 0.6) is 23.0 Å². The maximum atomic E-state index is 12.2. The molecule has 2 N–H and O–H groups in total. The molecule has 0 fully saturated rings. The maximum absolute atomic E-state index is 12.2. The van der Waals surface area contributed by atoms with Gasteiger partial charge in [0.2, 0.25) is 11.7 Å². The van der Waals surface area contributed by atoms with Gasteiger partial charge < -0.3 is 29.6 Å². The third kappa shape index (κ3) is 5.97. The van der Waals surface area contributed by atoms with Crippen LogP contribution in [0.1, 0.15) is 20.3 Å². The minimum absolute atomic E-state index is 0.124. The molecule has 0 unspecified atom stereocenters. The van der Waals surface area contributed by atoms with Crippen LogP contribution in [0.15, 0.2) is 36.4 Å². The second-order valence-corrected chi connectivity index (χ2v) is 6.33. The number of methoxy groups -OCH3 is 3. The van der Waals surface area contributed by atoms with E-state index >= 15 is 0 Å². The largest absolute Gasteiger partial charge is 0.493 e. The summed E-state index contributed by atoms with van der Waals surface area (Å²) < 4.78 is 21.5. The Kier molecular flexibility index (Phi) is 7.80. The number of carbonyl (C=O) groups excluding carboxylic acids is 1. The second-order valence-electron chi connectivity index (χ2n) is 6.33. The van der Waals surface area contributed by atoms with E-state index in [1.165, 1.54) is 21.3 Å². The van der Waals surface area contributed by atoms with Crippen LogP contribution in [0.4, 0.5) is 11.4 Å². The molecule has 152 valence electrons. The summed E-state index contributed by atoms with van der Waals surface area (Å²) in [5.74, 6) is 2.15. The first-order valence-electron chi connectivity index (χ1n) is 9.07. The van der Waals surface area contributed by atoms with Crippen molar-refractivity contribution in [2.75, 3.05) is 38.5 Å². The zero-order chi connectivity index (χ0) is 20.5. The zero-order valence-corrected chi connectivity index (χ0v) is 17.0. The first-order valence-corrected chi connectivity index (χ1v) is 9.07. The minimum Gasteiger partial charge on any atom is -0.493 e. The predicted octanol–water partition coefficient (Wildman–Crippen LogP) is 3.94. The standard InChI is InChI=1S/C21H28N2O5/c1-14(2)28-17-8-6-15(7-9-17)22-11-10-20(24)23-16-12-18(25-3)21(27-5)19(13-16)26-4/h6-9,12-14,22H,10-11H2,1-5H3,(H,23,24). The highest BCUT2D eigenvalue weighted by atomic mass is 16.5. The van der Waals surface area contributed by atoms with Gasteiger partial charge in [-0.3, -0.25) is 4.79 Å². The van der Waals surface area contributed by atoms with E-state index < -0.39 is 0 Å². The highest BCUT2D eigenvalue weighted by molar-refractivity contribution is 5.91. The molecule has 0 aromatic heterocycles. The normalized spacial score (nSPS) is 10.4. The molecule has 1 amide bonds. The minimum atomic E-state index is -0.124. The lowest BCUT2D eigenvalue weighted by atomic mass is 10.2. The molecule has 2 rings (SSSR count). The first kappa shape index (κ1) is 21.2. The Morgan fingerprint density at radius 3 is 2.04 bits per heavy atom. The number of ether oxygens (including phenoxy) is 4. The van der Waals surface area contributed by atoms with Crippen molar-refractivity contribution in [1.82, 2.24) is 0 Å². The zero-order valence-electron chi connectivity index (χ0n) is 17.0. The topological polar surface area (TPSA) is 78.1 Å². The monoisotopic (exact) mass is 388 g/mol. The molecule has 0 heterocycles. The smallest absolute Gasteiger partial charge is 0.226 e. The van der Waals surface area contributed by atoms with Gasteiger partial charge in [-0.25, -0.2) is 0 Å². The SMILES string of the molecule is COc1cc(NC(=O)CCNc2ccc(OC(C)C)cc2)cc(OC)c1OC. The van der Waals surface area contributed by atoms with Crippen molar-refractivity contribution in [2.45, 2.75) is 26.4 Å². The number of hydrogen-bond donors (Lipinski definition) is 2. The van der Waals surface area contributed by atoms with Crippen molar-refractivity contribution in [1.29, 1.82) is 0 Å². The van der Waals surface area contributed by atoms with E-state index in [9.17, 15) is 4.79 Å². The van der Waals surface area contributed by atoms with Crippen LogP contribution in [0, 0.1) is 0 Å². The molecule has 0 bridgehead atoms. The number of benzene rings is 2.